The number of carbonyl (C=O) groups excluding carboxylic acids is 1. The molecule has 1 saturated carbocycles. The zero-order valence-electron chi connectivity index (χ0n) is 12.4. The van der Waals surface area contributed by atoms with Crippen molar-refractivity contribution in [2.24, 2.45) is 5.92 Å². The van der Waals surface area contributed by atoms with Crippen molar-refractivity contribution < 1.29 is 22.0 Å². The topological polar surface area (TPSA) is 75.3 Å². The van der Waals surface area contributed by atoms with Gasteiger partial charge in [-0.15, -0.1) is 0 Å². The van der Waals surface area contributed by atoms with Crippen LogP contribution in [0.1, 0.15) is 12.8 Å². The first kappa shape index (κ1) is 16.4. The number of hydrogen-bond acceptors (Lipinski definition) is 3. The van der Waals surface area contributed by atoms with Crippen molar-refractivity contribution in [2.75, 3.05) is 10.0 Å². The Kier molecular flexibility index (Phi) is 4.23. The zero-order chi connectivity index (χ0) is 17.3. The van der Waals surface area contributed by atoms with E-state index in [-0.39, 0.29) is 17.5 Å². The minimum Gasteiger partial charge on any atom is -0.326 e. The van der Waals surface area contributed by atoms with Crippen molar-refractivity contribution in [3.8, 4) is 0 Å². The molecule has 3 rings (SSSR count). The van der Waals surface area contributed by atoms with Gasteiger partial charge in [-0.1, -0.05) is 6.07 Å². The molecule has 126 valence electrons. The second-order valence-electron chi connectivity index (χ2n) is 5.53. The van der Waals surface area contributed by atoms with Crippen molar-refractivity contribution in [3.05, 3.63) is 54.1 Å². The normalized spacial score (nSPS) is 14.2. The fourth-order valence-corrected chi connectivity index (χ4v) is 3.17. The molecule has 0 spiro atoms. The molecule has 0 aliphatic heterocycles. The van der Waals surface area contributed by atoms with Crippen molar-refractivity contribution >= 4 is 27.3 Å². The third-order valence-corrected chi connectivity index (χ3v) is 4.91. The van der Waals surface area contributed by atoms with Crippen LogP contribution in [-0.4, -0.2) is 14.3 Å². The smallest absolute Gasteiger partial charge is 0.262 e. The SMILES string of the molecule is O=C(Nc1cccc(NS(=O)(=O)c2ccc(F)c(F)c2)c1)C1CC1. The van der Waals surface area contributed by atoms with E-state index in [0.29, 0.717) is 11.8 Å². The lowest BCUT2D eigenvalue weighted by atomic mass is 10.2. The minimum atomic E-state index is -4.07. The second kappa shape index (κ2) is 6.20. The first-order valence-electron chi connectivity index (χ1n) is 7.24. The molecule has 0 aromatic heterocycles. The standard InChI is InChI=1S/C16H14F2N2O3S/c17-14-7-6-13(9-15(14)18)24(22,23)20-12-3-1-2-11(8-12)19-16(21)10-4-5-10/h1-3,6-10,20H,4-5H2,(H,19,21). The molecular weight excluding hydrogens is 338 g/mol. The molecule has 2 aromatic rings. The van der Waals surface area contributed by atoms with Crippen LogP contribution in [0.25, 0.3) is 0 Å². The van der Waals surface area contributed by atoms with E-state index in [0.717, 1.165) is 25.0 Å². The number of rotatable bonds is 5. The van der Waals surface area contributed by atoms with Crippen LogP contribution >= 0.6 is 0 Å². The van der Waals surface area contributed by atoms with Gasteiger partial charge in [-0.2, -0.15) is 0 Å². The molecule has 1 fully saturated rings. The van der Waals surface area contributed by atoms with Gasteiger partial charge < -0.3 is 5.32 Å². The van der Waals surface area contributed by atoms with Crippen LogP contribution in [0.2, 0.25) is 0 Å². The van der Waals surface area contributed by atoms with Gasteiger partial charge in [0.2, 0.25) is 5.91 Å². The molecule has 2 aromatic carbocycles. The molecule has 0 heterocycles. The van der Waals surface area contributed by atoms with Crippen LogP contribution in [0.15, 0.2) is 47.4 Å². The summed E-state index contributed by atoms with van der Waals surface area (Å²) < 4.78 is 52.9. The van der Waals surface area contributed by atoms with Crippen molar-refractivity contribution in [1.82, 2.24) is 0 Å². The highest BCUT2D eigenvalue weighted by Crippen LogP contribution is 2.30. The highest BCUT2D eigenvalue weighted by atomic mass is 32.2. The molecule has 0 unspecified atom stereocenters. The molecule has 2 N–H and O–H groups in total. The monoisotopic (exact) mass is 352 g/mol. The third kappa shape index (κ3) is 3.70. The molecule has 0 bridgehead atoms. The van der Waals surface area contributed by atoms with Crippen molar-refractivity contribution in [1.29, 1.82) is 0 Å². The summed E-state index contributed by atoms with van der Waals surface area (Å²) in [4.78, 5) is 11.3. The maximum Gasteiger partial charge on any atom is 0.262 e. The predicted octanol–water partition coefficient (Wildman–Crippen LogP) is 3.11. The lowest BCUT2D eigenvalue weighted by Crippen LogP contribution is -2.15. The van der Waals surface area contributed by atoms with Crippen molar-refractivity contribution in [2.45, 2.75) is 17.7 Å². The number of hydrogen-bond donors (Lipinski definition) is 2. The Morgan fingerprint density at radius 2 is 1.71 bits per heavy atom. The summed E-state index contributed by atoms with van der Waals surface area (Å²) in [6.07, 6.45) is 1.71. The van der Waals surface area contributed by atoms with Gasteiger partial charge in [0.1, 0.15) is 0 Å². The van der Waals surface area contributed by atoms with E-state index in [1.165, 1.54) is 12.1 Å². The first-order valence-corrected chi connectivity index (χ1v) is 8.72. The van der Waals surface area contributed by atoms with Gasteiger partial charge in [0.15, 0.2) is 11.6 Å². The maximum absolute atomic E-state index is 13.2. The van der Waals surface area contributed by atoms with Gasteiger partial charge in [0, 0.05) is 11.6 Å². The van der Waals surface area contributed by atoms with Crippen LogP contribution < -0.4 is 10.0 Å². The van der Waals surface area contributed by atoms with Gasteiger partial charge in [0.05, 0.1) is 10.6 Å². The number of halogens is 2. The van der Waals surface area contributed by atoms with E-state index in [4.69, 9.17) is 0 Å². The molecule has 1 amide bonds. The molecular formula is C16H14F2N2O3S. The molecule has 0 atom stereocenters. The molecule has 24 heavy (non-hydrogen) atoms. The molecule has 0 radical (unpaired) electrons. The van der Waals surface area contributed by atoms with Crippen LogP contribution in [0.4, 0.5) is 20.2 Å². The number of benzene rings is 2. The Labute approximate surface area is 137 Å². The van der Waals surface area contributed by atoms with Gasteiger partial charge in [-0.3, -0.25) is 9.52 Å². The van der Waals surface area contributed by atoms with Gasteiger partial charge >= 0.3 is 0 Å². The molecule has 1 aliphatic carbocycles. The van der Waals surface area contributed by atoms with E-state index in [1.54, 1.807) is 12.1 Å². The third-order valence-electron chi connectivity index (χ3n) is 3.53. The van der Waals surface area contributed by atoms with Gasteiger partial charge in [-0.05, 0) is 49.2 Å². The van der Waals surface area contributed by atoms with E-state index in [9.17, 15) is 22.0 Å². The Hall–Kier alpha value is -2.48. The minimum absolute atomic E-state index is 0.0209. The fraction of sp³-hybridized carbons (Fsp3) is 0.188. The summed E-state index contributed by atoms with van der Waals surface area (Å²) in [6.45, 7) is 0. The van der Waals surface area contributed by atoms with Crippen LogP contribution in [0.3, 0.4) is 0 Å². The fourth-order valence-electron chi connectivity index (χ4n) is 2.11. The first-order chi connectivity index (χ1) is 11.3. The number of carbonyl (C=O) groups is 1. The molecule has 5 nitrogen and oxygen atoms in total. The van der Waals surface area contributed by atoms with Gasteiger partial charge in [0.25, 0.3) is 10.0 Å². The Morgan fingerprint density at radius 1 is 1.00 bits per heavy atom. The molecule has 1 aliphatic rings. The van der Waals surface area contributed by atoms with Crippen LogP contribution in [0, 0.1) is 17.6 Å². The van der Waals surface area contributed by atoms with Crippen LogP contribution in [-0.2, 0) is 14.8 Å². The zero-order valence-corrected chi connectivity index (χ0v) is 13.2. The number of amides is 1. The summed E-state index contributed by atoms with van der Waals surface area (Å²) in [7, 11) is -4.07. The summed E-state index contributed by atoms with van der Waals surface area (Å²) in [5, 5.41) is 2.70. The molecule has 0 saturated heterocycles. The number of anilines is 2. The van der Waals surface area contributed by atoms with E-state index < -0.39 is 26.6 Å². The summed E-state index contributed by atoms with van der Waals surface area (Å²) in [5.41, 5.74) is 0.658. The summed E-state index contributed by atoms with van der Waals surface area (Å²) in [5.74, 6) is -2.45. The largest absolute Gasteiger partial charge is 0.326 e. The lowest BCUT2D eigenvalue weighted by molar-refractivity contribution is -0.117. The van der Waals surface area contributed by atoms with E-state index in [1.807, 2.05) is 0 Å². The Bertz CT molecular complexity index is 896. The van der Waals surface area contributed by atoms with Crippen LogP contribution in [0.5, 0.6) is 0 Å². The van der Waals surface area contributed by atoms with E-state index in [2.05, 4.69) is 10.0 Å². The van der Waals surface area contributed by atoms with E-state index >= 15 is 0 Å². The number of nitrogens with one attached hydrogen (secondary N) is 2. The summed E-state index contributed by atoms with van der Waals surface area (Å²) >= 11 is 0. The summed E-state index contributed by atoms with van der Waals surface area (Å²) in [6, 6.07) is 8.48. The Balaban J connectivity index is 1.79. The quantitative estimate of drug-likeness (QED) is 0.868. The second-order valence-corrected chi connectivity index (χ2v) is 7.21. The van der Waals surface area contributed by atoms with Crippen molar-refractivity contribution in [3.63, 3.8) is 0 Å². The maximum atomic E-state index is 13.2. The highest BCUT2D eigenvalue weighted by molar-refractivity contribution is 7.92. The average Bonchev–Trinajstić information content (AvgIpc) is 3.34. The lowest BCUT2D eigenvalue weighted by Gasteiger charge is -2.10. The molecule has 8 heteroatoms. The van der Waals surface area contributed by atoms with Gasteiger partial charge in [-0.25, -0.2) is 17.2 Å². The highest BCUT2D eigenvalue weighted by Gasteiger charge is 2.29. The average molecular weight is 352 g/mol. The predicted molar refractivity (Wildman–Crippen MR) is 85.0 cm³/mol. The number of sulfonamides is 1. The Morgan fingerprint density at radius 3 is 2.38 bits per heavy atom.